The van der Waals surface area contributed by atoms with E-state index in [-0.39, 0.29) is 0 Å². The fourth-order valence-corrected chi connectivity index (χ4v) is 6.90. The molecular weight excluding hydrogens is 555 g/mol. The number of allylic oxidation sites excluding steroid dienone is 5. The van der Waals surface area contributed by atoms with Gasteiger partial charge in [-0.05, 0) is 99.8 Å². The second-order valence-corrected chi connectivity index (χ2v) is 11.9. The second-order valence-electron chi connectivity index (χ2n) is 11.9. The molecule has 0 spiro atoms. The Morgan fingerprint density at radius 2 is 1.20 bits per heavy atom. The van der Waals surface area contributed by atoms with Crippen LogP contribution >= 0.6 is 0 Å². The zero-order chi connectivity index (χ0) is 31.5. The standard InChI is InChI=1S/C45H37N/c1-4-5-7-15-33(3)45(43-22-12-13-23-44(43)46-38-18-8-6-9-19-38)41-21-11-10-20-39(41)40-31-37(28-29-42(40)45)36-17-14-16-35(30-36)34-26-24-32(2)25-27-34/h4-31,46H,3H2,1-2H3/b5-4-,15-7-. The Bertz CT molecular complexity index is 2100. The molecule has 1 atom stereocenters. The highest BCUT2D eigenvalue weighted by Crippen LogP contribution is 2.58. The Morgan fingerprint density at radius 3 is 1.98 bits per heavy atom. The van der Waals surface area contributed by atoms with Crippen LogP contribution in [-0.2, 0) is 5.41 Å². The SMILES string of the molecule is C=C(/C=C\C=C/C)C1(c2ccccc2Nc2ccccc2)c2ccccc2-c2cc(-c3cccc(-c4ccc(C)cc4)c3)ccc21. The van der Waals surface area contributed by atoms with E-state index in [2.05, 4.69) is 176 Å². The highest BCUT2D eigenvalue weighted by Gasteiger charge is 2.47. The largest absolute Gasteiger partial charge is 0.355 e. The molecule has 46 heavy (non-hydrogen) atoms. The molecule has 0 bridgehead atoms. The lowest BCUT2D eigenvalue weighted by molar-refractivity contribution is 0.772. The molecule has 222 valence electrons. The van der Waals surface area contributed by atoms with Crippen LogP contribution in [0.25, 0.3) is 33.4 Å². The van der Waals surface area contributed by atoms with Crippen molar-refractivity contribution in [1.29, 1.82) is 0 Å². The van der Waals surface area contributed by atoms with E-state index in [0.717, 1.165) is 16.9 Å². The van der Waals surface area contributed by atoms with Crippen molar-refractivity contribution in [3.05, 3.63) is 204 Å². The minimum atomic E-state index is -0.593. The molecule has 6 aromatic carbocycles. The average molecular weight is 592 g/mol. The zero-order valence-electron chi connectivity index (χ0n) is 26.4. The lowest BCUT2D eigenvalue weighted by Gasteiger charge is -2.36. The van der Waals surface area contributed by atoms with Crippen molar-refractivity contribution in [2.24, 2.45) is 0 Å². The van der Waals surface area contributed by atoms with Gasteiger partial charge in [0.1, 0.15) is 0 Å². The topological polar surface area (TPSA) is 12.0 Å². The summed E-state index contributed by atoms with van der Waals surface area (Å²) in [6.07, 6.45) is 8.39. The van der Waals surface area contributed by atoms with Crippen LogP contribution in [0.5, 0.6) is 0 Å². The fraction of sp³-hybridized carbons (Fsp3) is 0.0667. The summed E-state index contributed by atoms with van der Waals surface area (Å²) >= 11 is 0. The van der Waals surface area contributed by atoms with E-state index in [0.29, 0.717) is 0 Å². The normalized spacial score (nSPS) is 15.2. The van der Waals surface area contributed by atoms with Gasteiger partial charge in [0.15, 0.2) is 0 Å². The van der Waals surface area contributed by atoms with Crippen molar-refractivity contribution >= 4 is 11.4 Å². The van der Waals surface area contributed by atoms with Gasteiger partial charge in [0.2, 0.25) is 0 Å². The van der Waals surface area contributed by atoms with Crippen LogP contribution in [0.3, 0.4) is 0 Å². The smallest absolute Gasteiger partial charge is 0.0728 e. The van der Waals surface area contributed by atoms with Gasteiger partial charge < -0.3 is 5.32 Å². The molecule has 0 saturated heterocycles. The molecule has 0 fully saturated rings. The number of para-hydroxylation sites is 2. The second kappa shape index (κ2) is 12.4. The Kier molecular flexibility index (Phi) is 7.83. The van der Waals surface area contributed by atoms with E-state index in [1.807, 2.05) is 13.0 Å². The first kappa shape index (κ1) is 29.1. The lowest BCUT2D eigenvalue weighted by atomic mass is 9.67. The first-order chi connectivity index (χ1) is 22.6. The molecule has 1 unspecified atom stereocenters. The maximum Gasteiger partial charge on any atom is 0.0728 e. The van der Waals surface area contributed by atoms with Crippen LogP contribution in [0.15, 0.2) is 182 Å². The maximum atomic E-state index is 4.79. The van der Waals surface area contributed by atoms with Gasteiger partial charge in [-0.25, -0.2) is 0 Å². The predicted octanol–water partition coefficient (Wildman–Crippen LogP) is 12.1. The summed E-state index contributed by atoms with van der Waals surface area (Å²) in [6, 6.07) is 52.5. The molecule has 1 nitrogen and oxygen atoms in total. The van der Waals surface area contributed by atoms with E-state index in [9.17, 15) is 0 Å². The third-order valence-corrected chi connectivity index (χ3v) is 9.09. The number of hydrogen-bond donors (Lipinski definition) is 1. The third-order valence-electron chi connectivity index (χ3n) is 9.09. The van der Waals surface area contributed by atoms with Gasteiger partial charge in [0.25, 0.3) is 0 Å². The van der Waals surface area contributed by atoms with Gasteiger partial charge in [0, 0.05) is 11.4 Å². The summed E-state index contributed by atoms with van der Waals surface area (Å²) in [7, 11) is 0. The van der Waals surface area contributed by atoms with E-state index in [4.69, 9.17) is 6.58 Å². The van der Waals surface area contributed by atoms with Crippen LogP contribution in [0.2, 0.25) is 0 Å². The van der Waals surface area contributed by atoms with Crippen LogP contribution in [0.4, 0.5) is 11.4 Å². The molecule has 0 saturated carbocycles. The van der Waals surface area contributed by atoms with Crippen LogP contribution < -0.4 is 5.32 Å². The van der Waals surface area contributed by atoms with E-state index < -0.39 is 5.41 Å². The number of anilines is 2. The molecule has 1 aliphatic carbocycles. The van der Waals surface area contributed by atoms with Crippen molar-refractivity contribution < 1.29 is 0 Å². The number of rotatable bonds is 8. The third kappa shape index (κ3) is 5.10. The summed E-state index contributed by atoms with van der Waals surface area (Å²) in [5, 5.41) is 3.74. The van der Waals surface area contributed by atoms with Crippen LogP contribution in [-0.4, -0.2) is 0 Å². The summed E-state index contributed by atoms with van der Waals surface area (Å²) < 4.78 is 0. The predicted molar refractivity (Wildman–Crippen MR) is 197 cm³/mol. The lowest BCUT2D eigenvalue weighted by Crippen LogP contribution is -2.29. The molecule has 0 heterocycles. The van der Waals surface area contributed by atoms with E-state index >= 15 is 0 Å². The average Bonchev–Trinajstić information content (AvgIpc) is 3.40. The molecule has 0 amide bonds. The minimum absolute atomic E-state index is 0.593. The van der Waals surface area contributed by atoms with Crippen molar-refractivity contribution in [3.8, 4) is 33.4 Å². The molecule has 0 aromatic heterocycles. The minimum Gasteiger partial charge on any atom is -0.355 e. The van der Waals surface area contributed by atoms with Gasteiger partial charge in [-0.3, -0.25) is 0 Å². The van der Waals surface area contributed by atoms with Gasteiger partial charge in [0.05, 0.1) is 5.41 Å². The molecule has 7 rings (SSSR count). The first-order valence-corrected chi connectivity index (χ1v) is 15.9. The Morgan fingerprint density at radius 1 is 0.565 bits per heavy atom. The first-order valence-electron chi connectivity index (χ1n) is 15.9. The number of nitrogens with one attached hydrogen (secondary N) is 1. The Labute approximate surface area is 272 Å². The van der Waals surface area contributed by atoms with E-state index in [1.54, 1.807) is 0 Å². The van der Waals surface area contributed by atoms with Crippen molar-refractivity contribution in [2.75, 3.05) is 5.32 Å². The van der Waals surface area contributed by atoms with Gasteiger partial charge in [-0.2, -0.15) is 0 Å². The molecular formula is C45H37N. The fourth-order valence-electron chi connectivity index (χ4n) is 6.90. The highest BCUT2D eigenvalue weighted by molar-refractivity contribution is 5.91. The van der Waals surface area contributed by atoms with Gasteiger partial charge in [-0.15, -0.1) is 0 Å². The summed E-state index contributed by atoms with van der Waals surface area (Å²) in [4.78, 5) is 0. The van der Waals surface area contributed by atoms with E-state index in [1.165, 1.54) is 55.6 Å². The van der Waals surface area contributed by atoms with Gasteiger partial charge >= 0.3 is 0 Å². The van der Waals surface area contributed by atoms with Crippen LogP contribution in [0.1, 0.15) is 29.2 Å². The highest BCUT2D eigenvalue weighted by atomic mass is 14.9. The van der Waals surface area contributed by atoms with Gasteiger partial charge in [-0.1, -0.05) is 152 Å². The Balaban J connectivity index is 1.44. The van der Waals surface area contributed by atoms with Crippen LogP contribution in [0, 0.1) is 6.92 Å². The summed E-state index contributed by atoms with van der Waals surface area (Å²) in [6.45, 7) is 8.95. The number of hydrogen-bond acceptors (Lipinski definition) is 1. The molecule has 6 aromatic rings. The van der Waals surface area contributed by atoms with Crippen molar-refractivity contribution in [3.63, 3.8) is 0 Å². The zero-order valence-corrected chi connectivity index (χ0v) is 26.4. The number of benzene rings is 6. The molecule has 0 aliphatic heterocycles. The summed E-state index contributed by atoms with van der Waals surface area (Å²) in [5.41, 5.74) is 14.8. The monoisotopic (exact) mass is 591 g/mol. The molecule has 1 N–H and O–H groups in total. The van der Waals surface area contributed by atoms with Crippen molar-refractivity contribution in [2.45, 2.75) is 19.3 Å². The molecule has 1 aliphatic rings. The quantitative estimate of drug-likeness (QED) is 0.174. The molecule has 0 radical (unpaired) electrons. The number of fused-ring (bicyclic) bond motifs is 3. The summed E-state index contributed by atoms with van der Waals surface area (Å²) in [5.74, 6) is 0. The number of aryl methyl sites for hydroxylation is 1. The molecule has 1 heteroatoms. The van der Waals surface area contributed by atoms with Crippen molar-refractivity contribution in [1.82, 2.24) is 0 Å². The maximum absolute atomic E-state index is 4.79. The Hall–Kier alpha value is -5.66.